The van der Waals surface area contributed by atoms with Crippen LogP contribution >= 0.6 is 0 Å². The smallest absolute Gasteiger partial charge is 0.399 e. The number of benzene rings is 5. The lowest BCUT2D eigenvalue weighted by molar-refractivity contribution is 0.00578. The normalized spacial score (nSPS) is 15.2. The third-order valence-electron chi connectivity index (χ3n) is 8.95. The van der Waals surface area contributed by atoms with E-state index >= 15 is 0 Å². The van der Waals surface area contributed by atoms with Gasteiger partial charge in [0.25, 0.3) is 0 Å². The third kappa shape index (κ3) is 5.85. The van der Waals surface area contributed by atoms with E-state index in [0.29, 0.717) is 5.82 Å². The first-order valence-corrected chi connectivity index (χ1v) is 15.4. The van der Waals surface area contributed by atoms with E-state index in [4.69, 9.17) is 19.3 Å². The Hall–Kier alpha value is -4.84. The molecule has 1 aromatic heterocycles. The summed E-state index contributed by atoms with van der Waals surface area (Å²) in [7, 11) is -0.423. The molecule has 2 heterocycles. The van der Waals surface area contributed by atoms with Crippen LogP contribution in [0.5, 0.6) is 0 Å². The van der Waals surface area contributed by atoms with Crippen LogP contribution in [0.2, 0.25) is 0 Å². The van der Waals surface area contributed by atoms with E-state index in [1.165, 1.54) is 11.1 Å². The van der Waals surface area contributed by atoms with Gasteiger partial charge in [-0.05, 0) is 73.6 Å². The highest BCUT2D eigenvalue weighted by Crippen LogP contribution is 2.37. The molecule has 0 bridgehead atoms. The highest BCUT2D eigenvalue weighted by Gasteiger charge is 2.51. The van der Waals surface area contributed by atoms with Gasteiger partial charge in [0.15, 0.2) is 5.82 Å². The van der Waals surface area contributed by atoms with E-state index < -0.39 is 18.3 Å². The van der Waals surface area contributed by atoms with Crippen molar-refractivity contribution < 1.29 is 9.31 Å². The standard InChI is InChI=1S/C40H35BN2O2/c1-39(2)40(3,4)45-41(44-39)35-23-21-30(22-24-35)38-42-36(33-19-11-17-31(25-33)28-13-7-5-8-14-28)27-37(43-38)34-20-12-18-32(26-34)29-15-9-6-10-16-29/h5-27H,1-4H3. The fourth-order valence-corrected chi connectivity index (χ4v) is 5.62. The first-order valence-electron chi connectivity index (χ1n) is 15.4. The van der Waals surface area contributed by atoms with Crippen LogP contribution in [0.1, 0.15) is 27.7 Å². The molecule has 0 radical (unpaired) electrons. The van der Waals surface area contributed by atoms with Gasteiger partial charge < -0.3 is 9.31 Å². The summed E-state index contributed by atoms with van der Waals surface area (Å²) < 4.78 is 12.6. The molecule has 0 aliphatic carbocycles. The lowest BCUT2D eigenvalue weighted by Crippen LogP contribution is -2.41. The zero-order valence-electron chi connectivity index (χ0n) is 26.1. The van der Waals surface area contributed by atoms with Gasteiger partial charge in [-0.3, -0.25) is 0 Å². The molecule has 6 aromatic rings. The number of rotatable bonds is 6. The van der Waals surface area contributed by atoms with Gasteiger partial charge in [0.1, 0.15) is 0 Å². The quantitative estimate of drug-likeness (QED) is 0.183. The van der Waals surface area contributed by atoms with Crippen molar-refractivity contribution >= 4 is 12.6 Å². The Kier molecular flexibility index (Phi) is 7.44. The molecule has 1 fully saturated rings. The van der Waals surface area contributed by atoms with E-state index in [2.05, 4.69) is 155 Å². The molecule has 45 heavy (non-hydrogen) atoms. The van der Waals surface area contributed by atoms with Gasteiger partial charge in [-0.25, -0.2) is 9.97 Å². The summed E-state index contributed by atoms with van der Waals surface area (Å²) in [5.74, 6) is 0.665. The first kappa shape index (κ1) is 28.9. The summed E-state index contributed by atoms with van der Waals surface area (Å²) in [5.41, 5.74) is 9.54. The van der Waals surface area contributed by atoms with Gasteiger partial charge in [0, 0.05) is 16.7 Å². The topological polar surface area (TPSA) is 44.2 Å². The Morgan fingerprint density at radius 2 is 0.844 bits per heavy atom. The van der Waals surface area contributed by atoms with Gasteiger partial charge in [0.2, 0.25) is 0 Å². The highest BCUT2D eigenvalue weighted by molar-refractivity contribution is 6.62. The van der Waals surface area contributed by atoms with E-state index in [1.807, 2.05) is 12.1 Å². The minimum absolute atomic E-state index is 0.398. The van der Waals surface area contributed by atoms with Crippen molar-refractivity contribution in [2.45, 2.75) is 38.9 Å². The summed E-state index contributed by atoms with van der Waals surface area (Å²) in [4.78, 5) is 10.2. The Morgan fingerprint density at radius 3 is 1.31 bits per heavy atom. The molecule has 0 saturated carbocycles. The van der Waals surface area contributed by atoms with Gasteiger partial charge in [-0.15, -0.1) is 0 Å². The van der Waals surface area contributed by atoms with Crippen molar-refractivity contribution in [2.24, 2.45) is 0 Å². The minimum atomic E-state index is -0.423. The monoisotopic (exact) mass is 586 g/mol. The largest absolute Gasteiger partial charge is 0.494 e. The van der Waals surface area contributed by atoms with Crippen molar-refractivity contribution in [1.82, 2.24) is 9.97 Å². The fourth-order valence-electron chi connectivity index (χ4n) is 5.62. The summed E-state index contributed by atoms with van der Waals surface area (Å²) in [5, 5.41) is 0. The van der Waals surface area contributed by atoms with Crippen molar-refractivity contribution in [1.29, 1.82) is 0 Å². The maximum absolute atomic E-state index is 6.29. The molecule has 1 aliphatic rings. The molecule has 0 amide bonds. The zero-order valence-corrected chi connectivity index (χ0v) is 26.1. The molecule has 1 aliphatic heterocycles. The summed E-state index contributed by atoms with van der Waals surface area (Å²) in [6, 6.07) is 48.3. The number of aromatic nitrogens is 2. The molecule has 1 saturated heterocycles. The molecule has 0 N–H and O–H groups in total. The molecular formula is C40H35BN2O2. The Morgan fingerprint density at radius 1 is 0.422 bits per heavy atom. The number of nitrogens with zero attached hydrogens (tertiary/aromatic N) is 2. The average molecular weight is 587 g/mol. The third-order valence-corrected chi connectivity index (χ3v) is 8.95. The van der Waals surface area contributed by atoms with Gasteiger partial charge in [-0.2, -0.15) is 0 Å². The van der Waals surface area contributed by atoms with Crippen LogP contribution < -0.4 is 5.46 Å². The summed E-state index contributed by atoms with van der Waals surface area (Å²) in [6.07, 6.45) is 0. The summed E-state index contributed by atoms with van der Waals surface area (Å²) >= 11 is 0. The number of hydrogen-bond donors (Lipinski definition) is 0. The van der Waals surface area contributed by atoms with Crippen LogP contribution in [0.25, 0.3) is 56.2 Å². The maximum Gasteiger partial charge on any atom is 0.494 e. The molecule has 220 valence electrons. The maximum atomic E-state index is 6.29. The second-order valence-electron chi connectivity index (χ2n) is 12.6. The molecule has 7 rings (SSSR count). The Balaban J connectivity index is 1.31. The van der Waals surface area contributed by atoms with Gasteiger partial charge >= 0.3 is 7.12 Å². The first-order chi connectivity index (χ1) is 21.8. The predicted molar refractivity (Wildman–Crippen MR) is 185 cm³/mol. The van der Waals surface area contributed by atoms with Crippen molar-refractivity contribution in [2.75, 3.05) is 0 Å². The lowest BCUT2D eigenvalue weighted by Gasteiger charge is -2.32. The molecule has 5 aromatic carbocycles. The van der Waals surface area contributed by atoms with Crippen LogP contribution in [0.3, 0.4) is 0 Å². The second-order valence-corrected chi connectivity index (χ2v) is 12.6. The van der Waals surface area contributed by atoms with Crippen LogP contribution in [0, 0.1) is 0 Å². The fraction of sp³-hybridized carbons (Fsp3) is 0.150. The molecule has 0 spiro atoms. The van der Waals surface area contributed by atoms with Crippen molar-refractivity contribution in [3.63, 3.8) is 0 Å². The lowest BCUT2D eigenvalue weighted by atomic mass is 9.79. The van der Waals surface area contributed by atoms with Crippen molar-refractivity contribution in [3.05, 3.63) is 140 Å². The average Bonchev–Trinajstić information content (AvgIpc) is 3.31. The second kappa shape index (κ2) is 11.6. The molecule has 4 nitrogen and oxygen atoms in total. The Labute approximate surface area is 265 Å². The van der Waals surface area contributed by atoms with Gasteiger partial charge in [0.05, 0.1) is 22.6 Å². The molecular weight excluding hydrogens is 551 g/mol. The van der Waals surface area contributed by atoms with E-state index in [9.17, 15) is 0 Å². The molecule has 5 heteroatoms. The van der Waals surface area contributed by atoms with Crippen LogP contribution in [0.4, 0.5) is 0 Å². The summed E-state index contributed by atoms with van der Waals surface area (Å²) in [6.45, 7) is 8.28. The Bertz CT molecular complexity index is 1840. The van der Waals surface area contributed by atoms with Crippen molar-refractivity contribution in [3.8, 4) is 56.2 Å². The predicted octanol–water partition coefficient (Wildman–Crippen LogP) is 9.11. The van der Waals surface area contributed by atoms with Crippen LogP contribution in [-0.2, 0) is 9.31 Å². The minimum Gasteiger partial charge on any atom is -0.399 e. The van der Waals surface area contributed by atoms with Crippen LogP contribution in [-0.4, -0.2) is 28.3 Å². The number of hydrogen-bond acceptors (Lipinski definition) is 4. The van der Waals surface area contributed by atoms with E-state index in [1.54, 1.807) is 0 Å². The SMILES string of the molecule is CC1(C)OB(c2ccc(-c3nc(-c4cccc(-c5ccccc5)c4)cc(-c4cccc(-c5ccccc5)c4)n3)cc2)OC1(C)C. The highest BCUT2D eigenvalue weighted by atomic mass is 16.7. The van der Waals surface area contributed by atoms with Gasteiger partial charge in [-0.1, -0.05) is 121 Å². The molecule has 0 atom stereocenters. The van der Waals surface area contributed by atoms with E-state index in [-0.39, 0.29) is 0 Å². The molecule has 0 unspecified atom stereocenters. The van der Waals surface area contributed by atoms with Crippen LogP contribution in [0.15, 0.2) is 140 Å². The zero-order chi connectivity index (χ0) is 31.0. The van der Waals surface area contributed by atoms with E-state index in [0.717, 1.165) is 44.7 Å².